The summed E-state index contributed by atoms with van der Waals surface area (Å²) in [4.78, 5) is 12.0. The summed E-state index contributed by atoms with van der Waals surface area (Å²) in [7, 11) is 0. The molecule has 0 aliphatic rings. The second-order valence-electron chi connectivity index (χ2n) is 6.46. The number of nitrogens with zero attached hydrogens (tertiary/aromatic N) is 1. The molecule has 0 heterocycles. The Balaban J connectivity index is 1.84. The van der Waals surface area contributed by atoms with Gasteiger partial charge >= 0.3 is 0 Å². The highest BCUT2D eigenvalue weighted by molar-refractivity contribution is 9.10. The molecule has 0 bridgehead atoms. The number of amides is 1. The van der Waals surface area contributed by atoms with Crippen molar-refractivity contribution in [3.8, 4) is 11.5 Å². The maximum atomic E-state index is 12.0. The fraction of sp³-hybridized carbons (Fsp3) is 0.364. The normalized spacial score (nSPS) is 12.0. The third-order valence-electron chi connectivity index (χ3n) is 4.21. The van der Waals surface area contributed by atoms with Gasteiger partial charge in [0, 0.05) is 10.0 Å². The molecular weight excluding hydrogens is 420 g/mol. The molecule has 2 aromatic rings. The van der Waals surface area contributed by atoms with Gasteiger partial charge in [0.2, 0.25) is 0 Å². The molecule has 2 rings (SSSR count). The number of ether oxygens (including phenoxy) is 2. The Morgan fingerprint density at radius 1 is 1.18 bits per heavy atom. The largest absolute Gasteiger partial charge is 0.493 e. The number of nitrogens with one attached hydrogen (secondary N) is 1. The number of carbonyl (C=O) groups is 1. The van der Waals surface area contributed by atoms with Crippen LogP contribution < -0.4 is 14.9 Å². The second-order valence-corrected chi connectivity index (χ2v) is 7.37. The van der Waals surface area contributed by atoms with Crippen LogP contribution in [0.25, 0.3) is 0 Å². The van der Waals surface area contributed by atoms with Crippen LogP contribution in [0, 0.1) is 0 Å². The van der Waals surface area contributed by atoms with E-state index in [1.807, 2.05) is 49.4 Å². The van der Waals surface area contributed by atoms with Crippen molar-refractivity contribution >= 4 is 28.1 Å². The summed E-state index contributed by atoms with van der Waals surface area (Å²) in [6, 6.07) is 13.5. The van der Waals surface area contributed by atoms with Gasteiger partial charge in [0.15, 0.2) is 6.61 Å². The third kappa shape index (κ3) is 7.00. The van der Waals surface area contributed by atoms with Gasteiger partial charge in [-0.1, -0.05) is 48.3 Å². The summed E-state index contributed by atoms with van der Waals surface area (Å²) < 4.78 is 12.0. The van der Waals surface area contributed by atoms with Gasteiger partial charge in [-0.15, -0.1) is 0 Å². The minimum absolute atomic E-state index is 0.0992. The Bertz CT molecular complexity index is 791. The van der Waals surface area contributed by atoms with Gasteiger partial charge in [-0.2, -0.15) is 5.10 Å². The van der Waals surface area contributed by atoms with Gasteiger partial charge in [0.1, 0.15) is 11.5 Å². The van der Waals surface area contributed by atoms with Gasteiger partial charge < -0.3 is 9.47 Å². The summed E-state index contributed by atoms with van der Waals surface area (Å²) in [5.41, 5.74) is 4.52. The van der Waals surface area contributed by atoms with E-state index in [9.17, 15) is 4.79 Å². The minimum Gasteiger partial charge on any atom is -0.493 e. The number of hydrazone groups is 1. The van der Waals surface area contributed by atoms with E-state index in [1.54, 1.807) is 6.21 Å². The lowest BCUT2D eigenvalue weighted by atomic mass is 9.97. The highest BCUT2D eigenvalue weighted by Gasteiger charge is 2.06. The van der Waals surface area contributed by atoms with Crippen LogP contribution in [0.15, 0.2) is 52.0 Å². The Labute approximate surface area is 175 Å². The number of hydrogen-bond donors (Lipinski definition) is 1. The zero-order chi connectivity index (χ0) is 20.4. The lowest BCUT2D eigenvalue weighted by Crippen LogP contribution is -2.24. The van der Waals surface area contributed by atoms with Crippen LogP contribution >= 0.6 is 15.9 Å². The molecule has 1 unspecified atom stereocenters. The SMILES string of the molecule is CCCC(C)c1ccc(OCC(=O)N/N=C/c2cc(Br)ccc2OCC)cc1. The van der Waals surface area contributed by atoms with E-state index in [2.05, 4.69) is 40.3 Å². The first-order chi connectivity index (χ1) is 13.5. The maximum Gasteiger partial charge on any atom is 0.277 e. The van der Waals surface area contributed by atoms with Crippen molar-refractivity contribution in [1.82, 2.24) is 5.43 Å². The molecule has 2 aromatic carbocycles. The predicted molar refractivity (Wildman–Crippen MR) is 116 cm³/mol. The molecule has 0 aliphatic carbocycles. The van der Waals surface area contributed by atoms with Crippen LogP contribution in [0.4, 0.5) is 0 Å². The molecule has 0 radical (unpaired) electrons. The third-order valence-corrected chi connectivity index (χ3v) is 4.70. The van der Waals surface area contributed by atoms with Gasteiger partial charge in [0.05, 0.1) is 12.8 Å². The van der Waals surface area contributed by atoms with Crippen molar-refractivity contribution in [3.63, 3.8) is 0 Å². The highest BCUT2D eigenvalue weighted by atomic mass is 79.9. The van der Waals surface area contributed by atoms with Crippen LogP contribution in [-0.4, -0.2) is 25.3 Å². The molecule has 5 nitrogen and oxygen atoms in total. The standard InChI is InChI=1S/C22H27BrN2O3/c1-4-6-16(3)17-7-10-20(11-8-17)28-15-22(26)25-24-14-18-13-19(23)9-12-21(18)27-5-2/h7-14,16H,4-6,15H2,1-3H3,(H,25,26)/b24-14+. The molecule has 6 heteroatoms. The molecule has 0 spiro atoms. The average molecular weight is 447 g/mol. The first kappa shape index (κ1) is 22.0. The number of rotatable bonds is 10. The van der Waals surface area contributed by atoms with Crippen LogP contribution in [0.1, 0.15) is 50.7 Å². The smallest absolute Gasteiger partial charge is 0.277 e. The van der Waals surface area contributed by atoms with Crippen molar-refractivity contribution in [2.24, 2.45) is 5.10 Å². The van der Waals surface area contributed by atoms with Gasteiger partial charge in [-0.05, 0) is 55.2 Å². The van der Waals surface area contributed by atoms with Crippen LogP contribution in [0.2, 0.25) is 0 Å². The molecule has 28 heavy (non-hydrogen) atoms. The van der Waals surface area contributed by atoms with E-state index in [4.69, 9.17) is 9.47 Å². The Morgan fingerprint density at radius 2 is 1.93 bits per heavy atom. The number of hydrogen-bond acceptors (Lipinski definition) is 4. The molecule has 150 valence electrons. The maximum absolute atomic E-state index is 12.0. The summed E-state index contributed by atoms with van der Waals surface area (Å²) >= 11 is 3.42. The molecule has 0 saturated heterocycles. The average Bonchev–Trinajstić information content (AvgIpc) is 2.69. The molecule has 1 amide bonds. The molecule has 0 aliphatic heterocycles. The monoisotopic (exact) mass is 446 g/mol. The van der Waals surface area contributed by atoms with Crippen LogP contribution in [-0.2, 0) is 4.79 Å². The Hall–Kier alpha value is -2.34. The summed E-state index contributed by atoms with van der Waals surface area (Å²) in [5.74, 6) is 1.57. The fourth-order valence-corrected chi connectivity index (χ4v) is 3.13. The van der Waals surface area contributed by atoms with Gasteiger partial charge in [-0.3, -0.25) is 4.79 Å². The lowest BCUT2D eigenvalue weighted by Gasteiger charge is -2.11. The van der Waals surface area contributed by atoms with Crippen molar-refractivity contribution < 1.29 is 14.3 Å². The number of benzene rings is 2. The van der Waals surface area contributed by atoms with E-state index in [1.165, 1.54) is 5.56 Å². The Kier molecular flexibility index (Phi) is 9.01. The summed E-state index contributed by atoms with van der Waals surface area (Å²) in [6.45, 7) is 6.77. The highest BCUT2D eigenvalue weighted by Crippen LogP contribution is 2.23. The molecule has 0 fully saturated rings. The number of carbonyl (C=O) groups excluding carboxylic acids is 1. The van der Waals surface area contributed by atoms with Gasteiger partial charge in [-0.25, -0.2) is 5.43 Å². The van der Waals surface area contributed by atoms with Crippen LogP contribution in [0.3, 0.4) is 0 Å². The van der Waals surface area contributed by atoms with Crippen molar-refractivity contribution in [3.05, 3.63) is 58.1 Å². The van der Waals surface area contributed by atoms with Crippen LogP contribution in [0.5, 0.6) is 11.5 Å². The lowest BCUT2D eigenvalue weighted by molar-refractivity contribution is -0.123. The summed E-state index contributed by atoms with van der Waals surface area (Å²) in [6.07, 6.45) is 3.87. The quantitative estimate of drug-likeness (QED) is 0.398. The number of halogens is 1. The van der Waals surface area contributed by atoms with E-state index >= 15 is 0 Å². The Morgan fingerprint density at radius 3 is 2.61 bits per heavy atom. The molecule has 1 N–H and O–H groups in total. The van der Waals surface area contributed by atoms with E-state index < -0.39 is 0 Å². The first-order valence-electron chi connectivity index (χ1n) is 9.50. The van der Waals surface area contributed by atoms with E-state index in [0.717, 1.165) is 22.9 Å². The van der Waals surface area contributed by atoms with Crippen molar-refractivity contribution in [2.45, 2.75) is 39.5 Å². The topological polar surface area (TPSA) is 59.9 Å². The minimum atomic E-state index is -0.326. The molecule has 1 atom stereocenters. The summed E-state index contributed by atoms with van der Waals surface area (Å²) in [5, 5.41) is 3.99. The van der Waals surface area contributed by atoms with E-state index in [0.29, 0.717) is 24.0 Å². The predicted octanol–water partition coefficient (Wildman–Crippen LogP) is 5.28. The molecule has 0 saturated carbocycles. The molecule has 0 aromatic heterocycles. The van der Waals surface area contributed by atoms with Gasteiger partial charge in [0.25, 0.3) is 5.91 Å². The van der Waals surface area contributed by atoms with Crippen molar-refractivity contribution in [1.29, 1.82) is 0 Å². The molecular formula is C22H27BrN2O3. The fourth-order valence-electron chi connectivity index (χ4n) is 2.75. The second kappa shape index (κ2) is 11.5. The van der Waals surface area contributed by atoms with E-state index in [-0.39, 0.29) is 12.5 Å². The zero-order valence-corrected chi connectivity index (χ0v) is 18.2. The van der Waals surface area contributed by atoms with Crippen molar-refractivity contribution in [2.75, 3.05) is 13.2 Å². The zero-order valence-electron chi connectivity index (χ0n) is 16.6. The first-order valence-corrected chi connectivity index (χ1v) is 10.3.